The Morgan fingerprint density at radius 1 is 1.07 bits per heavy atom. The molecule has 4 heteroatoms. The van der Waals surface area contributed by atoms with Crippen LogP contribution in [0.25, 0.3) is 11.6 Å². The Balaban J connectivity index is 2.22. The minimum Gasteiger partial charge on any atom is -0.496 e. The van der Waals surface area contributed by atoms with Crippen molar-refractivity contribution in [1.29, 1.82) is 0 Å². The van der Waals surface area contributed by atoms with Crippen molar-refractivity contribution in [1.82, 2.24) is 0 Å². The lowest BCUT2D eigenvalue weighted by Crippen LogP contribution is -2.04. The molecular weight excluding hydrogens is 358 g/mol. The second-order valence-electron chi connectivity index (χ2n) is 7.65. The van der Waals surface area contributed by atoms with E-state index in [0.29, 0.717) is 22.4 Å². The highest BCUT2D eigenvalue weighted by molar-refractivity contribution is 6.37. The Morgan fingerprint density at radius 3 is 2.19 bits per heavy atom. The highest BCUT2D eigenvalue weighted by atomic mass is 35.5. The van der Waals surface area contributed by atoms with E-state index >= 15 is 0 Å². The third-order valence-corrected chi connectivity index (χ3v) is 5.50. The molecule has 0 atom stereocenters. The smallest absolute Gasteiger partial charge is 0.256 e. The maximum absolute atomic E-state index is 12.6. The van der Waals surface area contributed by atoms with Gasteiger partial charge in [0, 0.05) is 21.8 Å². The Hall–Kier alpha value is -2.26. The quantitative estimate of drug-likeness (QED) is 0.620. The van der Waals surface area contributed by atoms with Crippen LogP contribution in [0.1, 0.15) is 67.3 Å². The van der Waals surface area contributed by atoms with Gasteiger partial charge < -0.3 is 10.1 Å². The number of fused-ring (bicyclic) bond motifs is 1. The molecule has 0 bridgehead atoms. The van der Waals surface area contributed by atoms with Gasteiger partial charge in [-0.2, -0.15) is 0 Å². The molecule has 1 heterocycles. The lowest BCUT2D eigenvalue weighted by molar-refractivity contribution is -0.110. The van der Waals surface area contributed by atoms with Gasteiger partial charge in [0.2, 0.25) is 0 Å². The molecular formula is C23H26ClNO2. The molecule has 3 nitrogen and oxygen atoms in total. The molecule has 2 aromatic rings. The van der Waals surface area contributed by atoms with Gasteiger partial charge in [-0.25, -0.2) is 0 Å². The minimum atomic E-state index is -0.0941. The molecule has 142 valence electrons. The van der Waals surface area contributed by atoms with E-state index in [1.54, 1.807) is 7.11 Å². The van der Waals surface area contributed by atoms with Crippen LogP contribution in [0.5, 0.6) is 5.75 Å². The number of amides is 1. The van der Waals surface area contributed by atoms with E-state index in [9.17, 15) is 4.79 Å². The van der Waals surface area contributed by atoms with Crippen LogP contribution in [-0.4, -0.2) is 13.0 Å². The highest BCUT2D eigenvalue weighted by Gasteiger charge is 2.27. The fourth-order valence-corrected chi connectivity index (χ4v) is 3.78. The van der Waals surface area contributed by atoms with E-state index in [4.69, 9.17) is 16.3 Å². The SMILES string of the molecule is COc1c(C(C)C)cc(/C=C2\C(=O)Nc3ccc(Cl)c(C)c32)cc1C(C)C. The first kappa shape index (κ1) is 19.5. The van der Waals surface area contributed by atoms with Crippen molar-refractivity contribution in [3.8, 4) is 5.75 Å². The second kappa shape index (κ2) is 7.40. The zero-order chi connectivity index (χ0) is 19.9. The van der Waals surface area contributed by atoms with Gasteiger partial charge in [0.15, 0.2) is 0 Å². The molecule has 0 aromatic heterocycles. The number of nitrogens with one attached hydrogen (secondary N) is 1. The van der Waals surface area contributed by atoms with Gasteiger partial charge in [0.1, 0.15) is 5.75 Å². The van der Waals surface area contributed by atoms with Crippen molar-refractivity contribution in [2.75, 3.05) is 12.4 Å². The Morgan fingerprint density at radius 2 is 1.67 bits per heavy atom. The molecule has 0 unspecified atom stereocenters. The average Bonchev–Trinajstić information content (AvgIpc) is 2.93. The third kappa shape index (κ3) is 3.49. The van der Waals surface area contributed by atoms with Crippen molar-refractivity contribution in [2.45, 2.75) is 46.5 Å². The molecule has 1 amide bonds. The van der Waals surface area contributed by atoms with Gasteiger partial charge >= 0.3 is 0 Å². The maximum atomic E-state index is 12.6. The fraction of sp³-hybridized carbons (Fsp3) is 0.348. The number of carbonyl (C=O) groups excluding carboxylic acids is 1. The van der Waals surface area contributed by atoms with Crippen LogP contribution in [0.3, 0.4) is 0 Å². The number of methoxy groups -OCH3 is 1. The highest BCUT2D eigenvalue weighted by Crippen LogP contribution is 2.40. The number of anilines is 1. The maximum Gasteiger partial charge on any atom is 0.256 e. The van der Waals surface area contributed by atoms with E-state index < -0.39 is 0 Å². The number of ether oxygens (including phenoxy) is 1. The van der Waals surface area contributed by atoms with Crippen molar-refractivity contribution in [3.05, 3.63) is 57.1 Å². The number of benzene rings is 2. The van der Waals surface area contributed by atoms with Gasteiger partial charge in [-0.3, -0.25) is 4.79 Å². The number of halogens is 1. The van der Waals surface area contributed by atoms with Crippen LogP contribution in [0.15, 0.2) is 24.3 Å². The van der Waals surface area contributed by atoms with Crippen molar-refractivity contribution < 1.29 is 9.53 Å². The Kier molecular flexibility index (Phi) is 5.34. The standard InChI is InChI=1S/C23H26ClNO2/c1-12(2)16-9-15(10-17(13(3)4)22(16)27-6)11-18-21-14(5)19(24)7-8-20(21)25-23(18)26/h7-13H,1-6H3,(H,25,26)/b18-11-. The van der Waals surface area contributed by atoms with Crippen LogP contribution in [0.2, 0.25) is 5.02 Å². The number of hydrogen-bond donors (Lipinski definition) is 1. The van der Waals surface area contributed by atoms with Gasteiger partial charge in [0.25, 0.3) is 5.91 Å². The topological polar surface area (TPSA) is 38.3 Å². The summed E-state index contributed by atoms with van der Waals surface area (Å²) in [6.07, 6.45) is 1.96. The van der Waals surface area contributed by atoms with Crippen LogP contribution < -0.4 is 10.1 Å². The first-order valence-electron chi connectivity index (χ1n) is 9.28. The molecule has 1 aliphatic rings. The molecule has 3 rings (SSSR count). The van der Waals surface area contributed by atoms with Gasteiger partial charge in [-0.15, -0.1) is 0 Å². The first-order chi connectivity index (χ1) is 12.7. The summed E-state index contributed by atoms with van der Waals surface area (Å²) in [5.41, 5.74) is 6.57. The minimum absolute atomic E-state index is 0.0941. The molecule has 0 radical (unpaired) electrons. The summed E-state index contributed by atoms with van der Waals surface area (Å²) in [6, 6.07) is 7.91. The van der Waals surface area contributed by atoms with Crippen LogP contribution in [0, 0.1) is 6.92 Å². The van der Waals surface area contributed by atoms with Gasteiger partial charge in [0.05, 0.1) is 7.11 Å². The summed E-state index contributed by atoms with van der Waals surface area (Å²) in [5.74, 6) is 1.48. The second-order valence-corrected chi connectivity index (χ2v) is 8.06. The molecule has 0 saturated carbocycles. The third-order valence-electron chi connectivity index (χ3n) is 5.09. The molecule has 0 saturated heterocycles. The van der Waals surface area contributed by atoms with Crippen molar-refractivity contribution in [2.24, 2.45) is 0 Å². The van der Waals surface area contributed by atoms with Gasteiger partial charge in [-0.1, -0.05) is 39.3 Å². The summed E-state index contributed by atoms with van der Waals surface area (Å²) in [6.45, 7) is 10.6. The lowest BCUT2D eigenvalue weighted by atomic mass is 9.90. The lowest BCUT2D eigenvalue weighted by Gasteiger charge is -2.19. The molecule has 1 aliphatic heterocycles. The predicted molar refractivity (Wildman–Crippen MR) is 114 cm³/mol. The molecule has 0 spiro atoms. The summed E-state index contributed by atoms with van der Waals surface area (Å²) in [5, 5.41) is 3.61. The number of rotatable bonds is 4. The molecule has 1 N–H and O–H groups in total. The predicted octanol–water partition coefficient (Wildman–Crippen LogP) is 6.40. The van der Waals surface area contributed by atoms with Crippen LogP contribution in [-0.2, 0) is 4.79 Å². The van der Waals surface area contributed by atoms with Crippen molar-refractivity contribution in [3.63, 3.8) is 0 Å². The zero-order valence-corrected chi connectivity index (χ0v) is 17.5. The van der Waals surface area contributed by atoms with E-state index in [1.165, 1.54) is 0 Å². The Bertz CT molecular complexity index is 913. The van der Waals surface area contributed by atoms with Crippen LogP contribution in [0.4, 0.5) is 5.69 Å². The summed E-state index contributed by atoms with van der Waals surface area (Å²) in [7, 11) is 1.72. The van der Waals surface area contributed by atoms with Gasteiger partial charge in [-0.05, 0) is 71.4 Å². The monoisotopic (exact) mass is 383 g/mol. The fourth-order valence-electron chi connectivity index (χ4n) is 3.62. The summed E-state index contributed by atoms with van der Waals surface area (Å²) < 4.78 is 5.72. The molecule has 0 fully saturated rings. The summed E-state index contributed by atoms with van der Waals surface area (Å²) >= 11 is 6.30. The molecule has 2 aromatic carbocycles. The molecule has 0 aliphatic carbocycles. The number of hydrogen-bond acceptors (Lipinski definition) is 2. The summed E-state index contributed by atoms with van der Waals surface area (Å²) in [4.78, 5) is 12.6. The zero-order valence-electron chi connectivity index (χ0n) is 16.7. The van der Waals surface area contributed by atoms with Crippen LogP contribution >= 0.6 is 11.6 Å². The van der Waals surface area contributed by atoms with E-state index in [2.05, 4.69) is 45.1 Å². The average molecular weight is 384 g/mol. The van der Waals surface area contributed by atoms with Crippen molar-refractivity contribution >= 4 is 34.8 Å². The van der Waals surface area contributed by atoms with E-state index in [-0.39, 0.29) is 5.91 Å². The Labute approximate surface area is 166 Å². The van der Waals surface area contributed by atoms with E-state index in [1.807, 2.05) is 25.1 Å². The largest absolute Gasteiger partial charge is 0.496 e. The van der Waals surface area contributed by atoms with E-state index in [0.717, 1.165) is 39.3 Å². The normalized spacial score (nSPS) is 14.9. The molecule has 27 heavy (non-hydrogen) atoms. The number of carbonyl (C=O) groups is 1. The first-order valence-corrected chi connectivity index (χ1v) is 9.66.